The van der Waals surface area contributed by atoms with Crippen LogP contribution in [-0.2, 0) is 6.42 Å². The molecule has 0 aromatic heterocycles. The monoisotopic (exact) mass is 478 g/mol. The third-order valence-electron chi connectivity index (χ3n) is 5.93. The van der Waals surface area contributed by atoms with Crippen molar-refractivity contribution in [3.05, 3.63) is 59.7 Å². The second-order valence-corrected chi connectivity index (χ2v) is 8.51. The van der Waals surface area contributed by atoms with Gasteiger partial charge in [-0.1, -0.05) is 31.2 Å². The maximum atomic E-state index is 11.2. The second-order valence-electron chi connectivity index (χ2n) is 8.51. The van der Waals surface area contributed by atoms with Crippen molar-refractivity contribution in [2.45, 2.75) is 63.6 Å². The van der Waals surface area contributed by atoms with Gasteiger partial charge in [0.2, 0.25) is 0 Å². The molecule has 0 amide bonds. The molecule has 6 N–H and O–H groups in total. The Morgan fingerprint density at radius 1 is 0.735 bits per heavy atom. The van der Waals surface area contributed by atoms with Gasteiger partial charge in [-0.25, -0.2) is 0 Å². The van der Waals surface area contributed by atoms with Gasteiger partial charge >= 0.3 is 0 Å². The topological polar surface area (TPSA) is 140 Å². The zero-order valence-corrected chi connectivity index (χ0v) is 20.0. The Hall–Kier alpha value is -2.20. The summed E-state index contributed by atoms with van der Waals surface area (Å²) in [5.41, 5.74) is 1.66. The number of ether oxygens (including phenoxy) is 2. The van der Waals surface area contributed by atoms with Crippen molar-refractivity contribution in [3.8, 4) is 11.5 Å². The minimum absolute atomic E-state index is 0.217. The van der Waals surface area contributed by atoms with Gasteiger partial charge in [0.25, 0.3) is 0 Å². The summed E-state index contributed by atoms with van der Waals surface area (Å²) >= 11 is 0. The SMILES string of the molecule is CCOc1cccc(CC(C)C(c2cccc(OCC)c2)C(O)[C@@H](O)[C@@H](O)[C@H](O)[C@@H](O)CO)c1. The first kappa shape index (κ1) is 28.0. The third kappa shape index (κ3) is 7.40. The van der Waals surface area contributed by atoms with Gasteiger partial charge in [0.1, 0.15) is 35.9 Å². The lowest BCUT2D eigenvalue weighted by molar-refractivity contribution is -0.145. The fourth-order valence-electron chi connectivity index (χ4n) is 4.22. The third-order valence-corrected chi connectivity index (χ3v) is 5.93. The standard InChI is InChI=1S/C26H38O8/c1-4-33-19-10-6-8-17(13-19)12-16(3)22(18-9-7-11-20(14-18)34-5-2)24(30)26(32)25(31)23(29)21(28)15-27/h6-11,13-14,16,21-32H,4-5,12,15H2,1-3H3/t16?,21-,22?,23+,24?,25-,26+/m0/s1. The van der Waals surface area contributed by atoms with E-state index in [2.05, 4.69) is 0 Å². The molecule has 0 radical (unpaired) electrons. The minimum atomic E-state index is -1.87. The first-order valence-corrected chi connectivity index (χ1v) is 11.7. The number of benzene rings is 2. The molecule has 2 rings (SSSR count). The summed E-state index contributed by atoms with van der Waals surface area (Å²) in [4.78, 5) is 0. The minimum Gasteiger partial charge on any atom is -0.494 e. The maximum absolute atomic E-state index is 11.2. The number of rotatable bonds is 14. The lowest BCUT2D eigenvalue weighted by Crippen LogP contribution is -2.52. The lowest BCUT2D eigenvalue weighted by Gasteiger charge is -2.35. The molecule has 0 saturated carbocycles. The van der Waals surface area contributed by atoms with Crippen molar-refractivity contribution in [1.82, 2.24) is 0 Å². The molecule has 2 aromatic rings. The Kier molecular flexibility index (Phi) is 11.2. The van der Waals surface area contributed by atoms with E-state index in [9.17, 15) is 25.5 Å². The van der Waals surface area contributed by atoms with Gasteiger partial charge in [0.05, 0.1) is 25.9 Å². The number of hydrogen-bond acceptors (Lipinski definition) is 8. The highest BCUT2D eigenvalue weighted by Gasteiger charge is 2.39. The smallest absolute Gasteiger partial charge is 0.119 e. The van der Waals surface area contributed by atoms with Crippen molar-refractivity contribution in [2.75, 3.05) is 19.8 Å². The van der Waals surface area contributed by atoms with Crippen molar-refractivity contribution in [3.63, 3.8) is 0 Å². The molecular formula is C26H38O8. The van der Waals surface area contributed by atoms with E-state index in [1.54, 1.807) is 18.2 Å². The summed E-state index contributed by atoms with van der Waals surface area (Å²) in [5, 5.41) is 61.1. The van der Waals surface area contributed by atoms with Crippen LogP contribution in [0.2, 0.25) is 0 Å². The first-order valence-electron chi connectivity index (χ1n) is 11.7. The van der Waals surface area contributed by atoms with Gasteiger partial charge < -0.3 is 40.1 Å². The zero-order chi connectivity index (χ0) is 25.3. The molecule has 0 bridgehead atoms. The van der Waals surface area contributed by atoms with Gasteiger partial charge in [-0.3, -0.25) is 0 Å². The predicted octanol–water partition coefficient (Wildman–Crippen LogP) is 1.24. The predicted molar refractivity (Wildman–Crippen MR) is 128 cm³/mol. The molecule has 3 unspecified atom stereocenters. The van der Waals surface area contributed by atoms with E-state index in [1.807, 2.05) is 51.1 Å². The molecule has 7 atom stereocenters. The van der Waals surface area contributed by atoms with Crippen LogP contribution in [0.15, 0.2) is 48.5 Å². The van der Waals surface area contributed by atoms with Crippen LogP contribution in [0.5, 0.6) is 11.5 Å². The molecule has 190 valence electrons. The van der Waals surface area contributed by atoms with E-state index >= 15 is 0 Å². The summed E-state index contributed by atoms with van der Waals surface area (Å²) < 4.78 is 11.2. The molecule has 0 aliphatic heterocycles. The van der Waals surface area contributed by atoms with Crippen LogP contribution in [0, 0.1) is 5.92 Å². The fraction of sp³-hybridized carbons (Fsp3) is 0.538. The molecule has 0 heterocycles. The van der Waals surface area contributed by atoms with Gasteiger partial charge in [-0.15, -0.1) is 0 Å². The Morgan fingerprint density at radius 3 is 1.88 bits per heavy atom. The highest BCUT2D eigenvalue weighted by atomic mass is 16.5. The summed E-state index contributed by atoms with van der Waals surface area (Å²) in [6.45, 7) is 5.89. The second kappa shape index (κ2) is 13.6. The summed E-state index contributed by atoms with van der Waals surface area (Å²) in [7, 11) is 0. The zero-order valence-electron chi connectivity index (χ0n) is 20.0. The van der Waals surface area contributed by atoms with Crippen molar-refractivity contribution < 1.29 is 40.1 Å². The molecule has 0 fully saturated rings. The van der Waals surface area contributed by atoms with Crippen LogP contribution in [0.3, 0.4) is 0 Å². The summed E-state index contributed by atoms with van der Waals surface area (Å²) in [5.74, 6) is 0.470. The highest BCUT2D eigenvalue weighted by molar-refractivity contribution is 5.33. The Bertz CT molecular complexity index is 860. The van der Waals surface area contributed by atoms with Crippen LogP contribution in [0.4, 0.5) is 0 Å². The fourth-order valence-corrected chi connectivity index (χ4v) is 4.22. The molecule has 2 aromatic carbocycles. The Balaban J connectivity index is 2.37. The number of hydrogen-bond donors (Lipinski definition) is 6. The summed E-state index contributed by atoms with van der Waals surface area (Å²) in [6.07, 6.45) is -8.10. The highest BCUT2D eigenvalue weighted by Crippen LogP contribution is 2.35. The number of aliphatic hydroxyl groups excluding tert-OH is 6. The molecule has 34 heavy (non-hydrogen) atoms. The molecule has 0 aliphatic rings. The van der Waals surface area contributed by atoms with Crippen molar-refractivity contribution in [1.29, 1.82) is 0 Å². The molecule has 0 spiro atoms. The molecule has 8 heteroatoms. The number of aliphatic hydroxyl groups is 6. The summed E-state index contributed by atoms with van der Waals surface area (Å²) in [6, 6.07) is 14.8. The van der Waals surface area contributed by atoms with Gasteiger partial charge in [-0.05, 0) is 61.6 Å². The van der Waals surface area contributed by atoms with E-state index in [-0.39, 0.29) is 5.92 Å². The molecule has 0 saturated heterocycles. The van der Waals surface area contributed by atoms with Crippen LogP contribution >= 0.6 is 0 Å². The molecule has 8 nitrogen and oxygen atoms in total. The van der Waals surface area contributed by atoms with Gasteiger partial charge in [0.15, 0.2) is 0 Å². The van der Waals surface area contributed by atoms with E-state index in [1.165, 1.54) is 0 Å². The van der Waals surface area contributed by atoms with Crippen LogP contribution < -0.4 is 9.47 Å². The van der Waals surface area contributed by atoms with E-state index in [0.717, 1.165) is 11.3 Å². The van der Waals surface area contributed by atoms with E-state index < -0.39 is 43.0 Å². The first-order chi connectivity index (χ1) is 16.2. The van der Waals surface area contributed by atoms with Crippen LogP contribution in [0.1, 0.15) is 37.8 Å². The van der Waals surface area contributed by atoms with E-state index in [4.69, 9.17) is 14.6 Å². The normalized spacial score (nSPS) is 17.8. The van der Waals surface area contributed by atoms with Crippen molar-refractivity contribution >= 4 is 0 Å². The average molecular weight is 479 g/mol. The Morgan fingerprint density at radius 2 is 1.29 bits per heavy atom. The average Bonchev–Trinajstić information content (AvgIpc) is 2.83. The van der Waals surface area contributed by atoms with Gasteiger partial charge in [0, 0.05) is 5.92 Å². The van der Waals surface area contributed by atoms with E-state index in [0.29, 0.717) is 30.9 Å². The molecule has 0 aliphatic carbocycles. The Labute approximate surface area is 201 Å². The quantitative estimate of drug-likeness (QED) is 0.238. The molecular weight excluding hydrogens is 440 g/mol. The maximum Gasteiger partial charge on any atom is 0.119 e. The lowest BCUT2D eigenvalue weighted by atomic mass is 9.76. The van der Waals surface area contributed by atoms with Crippen molar-refractivity contribution in [2.24, 2.45) is 5.92 Å². The van der Waals surface area contributed by atoms with Crippen LogP contribution in [0.25, 0.3) is 0 Å². The largest absolute Gasteiger partial charge is 0.494 e. The van der Waals surface area contributed by atoms with Crippen LogP contribution in [-0.4, -0.2) is 81.0 Å². The van der Waals surface area contributed by atoms with Gasteiger partial charge in [-0.2, -0.15) is 0 Å².